The first-order valence-corrected chi connectivity index (χ1v) is 18.4. The van der Waals surface area contributed by atoms with Gasteiger partial charge in [0.1, 0.15) is 73.2 Å². The fourth-order valence-electron chi connectivity index (χ4n) is 3.53. The van der Waals surface area contributed by atoms with Crippen molar-refractivity contribution in [3.8, 4) is 0 Å². The van der Waals surface area contributed by atoms with E-state index in [4.69, 9.17) is 76.6 Å². The van der Waals surface area contributed by atoms with Crippen LogP contribution in [0.25, 0.3) is 18.2 Å². The molecule has 0 saturated heterocycles. The maximum Gasteiger partial charge on any atom is 6.00 e. The van der Waals surface area contributed by atoms with Crippen molar-refractivity contribution in [1.29, 1.82) is 0 Å². The van der Waals surface area contributed by atoms with Gasteiger partial charge in [-0.1, -0.05) is 0 Å². The Bertz CT molecular complexity index is 1730. The Labute approximate surface area is 406 Å². The first kappa shape index (κ1) is 70.3. The molecular weight excluding hydrogens is 1040 g/mol. The van der Waals surface area contributed by atoms with Crippen LogP contribution in [-0.4, -0.2) is 235 Å². The van der Waals surface area contributed by atoms with Crippen molar-refractivity contribution in [2.45, 2.75) is 73.2 Å². The molecule has 0 saturated carbocycles. The second-order valence-corrected chi connectivity index (χ2v) is 12.4. The minimum Gasteiger partial charge on any atom is -0.547 e. The molecule has 3 aromatic rings. The average Bonchev–Trinajstić information content (AvgIpc) is 4.16. The van der Waals surface area contributed by atoms with E-state index >= 15 is 0 Å². The third-order valence-electron chi connectivity index (χ3n) is 7.22. The van der Waals surface area contributed by atoms with Crippen LogP contribution in [0.2, 0.25) is 0 Å². The number of hydrogen-bond acceptors (Lipinski definition) is 30. The number of aromatic amines is 3. The number of carbonyl (C=O) groups is 6. The summed E-state index contributed by atoms with van der Waals surface area (Å²) in [6.45, 7) is -2.59. The molecule has 0 aliphatic carbocycles. The summed E-state index contributed by atoms with van der Waals surface area (Å²) in [6.07, 6.45) is -8.25. The van der Waals surface area contributed by atoms with Gasteiger partial charge in [-0.25, -0.2) is 15.0 Å². The predicted molar refractivity (Wildman–Crippen MR) is 206 cm³/mol. The number of nitrogens with one attached hydrogen (secondary N) is 3. The van der Waals surface area contributed by atoms with E-state index in [9.17, 15) is 59.4 Å². The van der Waals surface area contributed by atoms with Crippen LogP contribution in [0.3, 0.4) is 0 Å². The SMILES string of the molecule is O=C([O-])C=Cc1c[nH]cn1.O=C([O-])C=Cc1c[nH]cn1.O=C([O-])C=Cc1c[nH]cn1.O=C([O-])[C@H](O)[C@@H](O)[C@H](O)[C@H](O)CO.O=C([O-])[C@H](O)[C@@H](O)[C@H](O)[C@H](O)CO.O=C([O-])[C@H](O)[C@@H](O)[C@H](O)[C@H](O)CO.[Mo+6]. The Balaban J connectivity index is -0.000000373. The van der Waals surface area contributed by atoms with Crippen molar-refractivity contribution < 1.29 is 157 Å². The van der Waals surface area contributed by atoms with E-state index in [1.165, 1.54) is 37.2 Å². The van der Waals surface area contributed by atoms with Gasteiger partial charge in [-0.05, 0) is 36.5 Å². The molecule has 0 spiro atoms. The molecule has 0 unspecified atom stereocenters. The third-order valence-corrected chi connectivity index (χ3v) is 7.22. The Kier molecular flexibility index (Phi) is 39.8. The quantitative estimate of drug-likeness (QED) is 0.0348. The van der Waals surface area contributed by atoms with Crippen molar-refractivity contribution in [3.63, 3.8) is 0 Å². The number of rotatable bonds is 21. The first-order chi connectivity index (χ1) is 32.1. The normalized spacial score (nSPS) is 15.8. The van der Waals surface area contributed by atoms with E-state index < -0.39 is 129 Å². The van der Waals surface area contributed by atoms with Crippen molar-refractivity contribution >= 4 is 54.0 Å². The zero-order chi connectivity index (χ0) is 54.0. The first-order valence-electron chi connectivity index (χ1n) is 18.4. The Hall–Kier alpha value is -6.24. The predicted octanol–water partition coefficient (Wildman–Crippen LogP) is -17.0. The van der Waals surface area contributed by atoms with E-state index in [2.05, 4.69) is 29.9 Å². The Morgan fingerprint density at radius 2 is 0.614 bits per heavy atom. The van der Waals surface area contributed by atoms with Crippen LogP contribution in [-0.2, 0) is 49.8 Å². The molecule has 0 aliphatic heterocycles. The molecule has 3 heterocycles. The number of aliphatic carboxylic acids is 6. The van der Waals surface area contributed by atoms with Crippen LogP contribution in [0.1, 0.15) is 17.1 Å². The zero-order valence-electron chi connectivity index (χ0n) is 35.3. The summed E-state index contributed by atoms with van der Waals surface area (Å²) < 4.78 is 0. The zero-order valence-corrected chi connectivity index (χ0v) is 37.3. The van der Waals surface area contributed by atoms with Gasteiger partial charge in [0.05, 0.1) is 91.7 Å². The van der Waals surface area contributed by atoms with Crippen molar-refractivity contribution in [1.82, 2.24) is 29.9 Å². The number of H-pyrrole nitrogens is 3. The molecule has 0 bridgehead atoms. The summed E-state index contributed by atoms with van der Waals surface area (Å²) >= 11 is 0. The molecule has 390 valence electrons. The van der Waals surface area contributed by atoms with Gasteiger partial charge in [0, 0.05) is 18.6 Å². The maximum absolute atomic E-state index is 9.98. The smallest absolute Gasteiger partial charge is 0.547 e. The minimum absolute atomic E-state index is 0. The van der Waals surface area contributed by atoms with Crippen LogP contribution < -0.4 is 30.6 Å². The van der Waals surface area contributed by atoms with Gasteiger partial charge in [-0.15, -0.1) is 0 Å². The summed E-state index contributed by atoms with van der Waals surface area (Å²) in [5.41, 5.74) is 1.72. The molecule has 18 N–H and O–H groups in total. The van der Waals surface area contributed by atoms with Gasteiger partial charge < -0.3 is 151 Å². The number of aliphatic hydroxyl groups is 15. The van der Waals surface area contributed by atoms with Crippen LogP contribution in [0.15, 0.2) is 55.8 Å². The van der Waals surface area contributed by atoms with E-state index in [0.717, 1.165) is 18.2 Å². The van der Waals surface area contributed by atoms with Gasteiger partial charge >= 0.3 is 21.1 Å². The molecule has 33 nitrogen and oxygen atoms in total. The number of carboxylic acids is 6. The summed E-state index contributed by atoms with van der Waals surface area (Å²) in [6, 6.07) is 0. The Morgan fingerprint density at radius 3 is 0.743 bits per heavy atom. The second-order valence-electron chi connectivity index (χ2n) is 12.4. The standard InChI is InChI=1S/3C6H6N2O2.3C6H12O7.Mo/c3*9-6(10)2-1-5-3-7-4-8-5;3*7-1-2(8)3(9)4(10)5(11)6(12)13;/h3*1-4H,(H,7,8)(H,9,10);3*2-5,7-11H,1H2,(H,12,13);/q;;;;;;+6/p-6/t;;;3*2-,3-,4+,5-;/m...111./s1. The van der Waals surface area contributed by atoms with Crippen molar-refractivity contribution in [2.24, 2.45) is 0 Å². The van der Waals surface area contributed by atoms with E-state index in [1.54, 1.807) is 18.6 Å². The summed E-state index contributed by atoms with van der Waals surface area (Å²) in [5, 5.41) is 190. The van der Waals surface area contributed by atoms with Crippen molar-refractivity contribution in [3.05, 3.63) is 72.9 Å². The molecule has 0 amide bonds. The number of nitrogens with zero attached hydrogens (tertiary/aromatic N) is 3. The molecule has 0 aliphatic rings. The molecule has 12 atom stereocenters. The molecule has 0 aromatic carbocycles. The largest absolute Gasteiger partial charge is 6.00 e. The molecule has 3 rings (SSSR count). The van der Waals surface area contributed by atoms with Gasteiger partial charge in [-0.2, -0.15) is 0 Å². The average molecular weight is 1090 g/mol. The van der Waals surface area contributed by atoms with E-state index in [1.807, 2.05) is 0 Å². The summed E-state index contributed by atoms with van der Waals surface area (Å²) in [4.78, 5) is 78.8. The van der Waals surface area contributed by atoms with Crippen LogP contribution in [0.4, 0.5) is 0 Å². The molecule has 70 heavy (non-hydrogen) atoms. The Morgan fingerprint density at radius 1 is 0.414 bits per heavy atom. The van der Waals surface area contributed by atoms with Gasteiger partial charge in [-0.3, -0.25) is 0 Å². The molecule has 0 fully saturated rings. The number of imidazole rings is 3. The second kappa shape index (κ2) is 39.6. The number of carbonyl (C=O) groups excluding carboxylic acids is 6. The third kappa shape index (κ3) is 32.5. The number of carboxylic acid groups (broad SMARTS) is 6. The van der Waals surface area contributed by atoms with Crippen molar-refractivity contribution in [2.75, 3.05) is 19.8 Å². The van der Waals surface area contributed by atoms with Gasteiger partial charge in [0.25, 0.3) is 0 Å². The number of aliphatic hydroxyl groups excluding tert-OH is 15. The van der Waals surface area contributed by atoms with Gasteiger partial charge in [0.15, 0.2) is 0 Å². The number of hydrogen-bond donors (Lipinski definition) is 18. The van der Waals surface area contributed by atoms with E-state index in [0.29, 0.717) is 17.1 Å². The topological polar surface area (TPSA) is 630 Å². The van der Waals surface area contributed by atoms with E-state index in [-0.39, 0.29) is 21.1 Å². The number of aromatic nitrogens is 6. The van der Waals surface area contributed by atoms with Crippen LogP contribution in [0, 0.1) is 0 Å². The fraction of sp³-hybridized carbons (Fsp3) is 0.417. The maximum atomic E-state index is 9.98. The molecule has 3 aromatic heterocycles. The molecule has 0 radical (unpaired) electrons. The molecule has 34 heteroatoms. The van der Waals surface area contributed by atoms with Gasteiger partial charge in [0.2, 0.25) is 0 Å². The minimum atomic E-state index is -2.31. The summed E-state index contributed by atoms with van der Waals surface area (Å²) in [7, 11) is 0. The monoisotopic (exact) mass is 1090 g/mol. The fourth-order valence-corrected chi connectivity index (χ4v) is 3.53. The van der Waals surface area contributed by atoms with Crippen LogP contribution in [0.5, 0.6) is 0 Å². The molecular formula is C36H48MoN6O27. The van der Waals surface area contributed by atoms with Crippen LogP contribution >= 0.6 is 0 Å². The summed E-state index contributed by atoms with van der Waals surface area (Å²) in [5.74, 6) is -9.58.